The number of carbonyl (C=O) groups is 2. The molecule has 6 nitrogen and oxygen atoms in total. The third kappa shape index (κ3) is 3.82. The Morgan fingerprint density at radius 2 is 1.55 bits per heavy atom. The number of Topliss-reactive ketones (excluding diaryl/α,β-unsaturated/α-hetero) is 1. The van der Waals surface area contributed by atoms with Gasteiger partial charge in [0, 0.05) is 5.39 Å². The summed E-state index contributed by atoms with van der Waals surface area (Å²) in [5.74, 6) is -0.786. The van der Waals surface area contributed by atoms with Crippen LogP contribution in [0.3, 0.4) is 0 Å². The molecule has 0 radical (unpaired) electrons. The van der Waals surface area contributed by atoms with Gasteiger partial charge in [-0.05, 0) is 45.9 Å². The van der Waals surface area contributed by atoms with Crippen LogP contribution in [0.1, 0.15) is 43.7 Å². The fourth-order valence-electron chi connectivity index (χ4n) is 3.11. The predicted octanol–water partition coefficient (Wildman–Crippen LogP) is 4.17. The van der Waals surface area contributed by atoms with Gasteiger partial charge < -0.3 is 4.74 Å². The summed E-state index contributed by atoms with van der Waals surface area (Å²) in [6.45, 7) is 6.16. The normalized spacial score (nSPS) is 12.1. The molecule has 0 fully saturated rings. The number of ether oxygens (including phenoxy) is 1. The summed E-state index contributed by atoms with van der Waals surface area (Å²) >= 11 is 0. The number of rotatable bonds is 5. The third-order valence-corrected chi connectivity index (χ3v) is 6.28. The van der Waals surface area contributed by atoms with E-state index in [2.05, 4.69) is 0 Å². The van der Waals surface area contributed by atoms with E-state index in [1.165, 1.54) is 19.1 Å². The van der Waals surface area contributed by atoms with Crippen molar-refractivity contribution in [3.05, 3.63) is 65.9 Å². The maximum Gasteiger partial charge on any atom is 0.311 e. The summed E-state index contributed by atoms with van der Waals surface area (Å²) in [6, 6.07) is 14.7. The minimum atomic E-state index is -4.02. The first-order chi connectivity index (χ1) is 13.5. The molecule has 3 aromatic rings. The van der Waals surface area contributed by atoms with E-state index >= 15 is 0 Å². The van der Waals surface area contributed by atoms with E-state index < -0.39 is 21.4 Å². The molecule has 1 aromatic heterocycles. The molecule has 2 aromatic carbocycles. The van der Waals surface area contributed by atoms with Gasteiger partial charge in [0.15, 0.2) is 5.78 Å². The average Bonchev–Trinajstić information content (AvgIpc) is 3.01. The van der Waals surface area contributed by atoms with Crippen LogP contribution in [-0.2, 0) is 26.2 Å². The molecule has 0 N–H and O–H groups in total. The first kappa shape index (κ1) is 20.8. The monoisotopic (exact) mass is 413 g/mol. The van der Waals surface area contributed by atoms with Gasteiger partial charge in [0.2, 0.25) is 0 Å². The number of ketones is 1. The molecule has 0 amide bonds. The number of carbonyl (C=O) groups excluding carboxylic acids is 2. The van der Waals surface area contributed by atoms with Crippen LogP contribution in [0.15, 0.2) is 59.5 Å². The van der Waals surface area contributed by atoms with Crippen molar-refractivity contribution in [3.63, 3.8) is 0 Å². The Kier molecular flexibility index (Phi) is 5.36. The van der Waals surface area contributed by atoms with Crippen LogP contribution in [-0.4, -0.2) is 24.1 Å². The molecule has 3 rings (SSSR count). The summed E-state index contributed by atoms with van der Waals surface area (Å²) in [7, 11) is -4.02. The molecule has 1 heterocycles. The molecule has 0 saturated carbocycles. The molecular formula is C22H23NO5S. The molecule has 0 aliphatic carbocycles. The summed E-state index contributed by atoms with van der Waals surface area (Å²) in [4.78, 5) is 24.8. The van der Waals surface area contributed by atoms with Gasteiger partial charge in [-0.2, -0.15) is 0 Å². The lowest BCUT2D eigenvalue weighted by molar-refractivity contribution is -0.154. The van der Waals surface area contributed by atoms with E-state index in [1.54, 1.807) is 63.2 Å². The second kappa shape index (κ2) is 7.48. The number of nitrogens with zero attached hydrogens (tertiary/aromatic N) is 1. The second-order valence-electron chi connectivity index (χ2n) is 7.80. The summed E-state index contributed by atoms with van der Waals surface area (Å²) in [6.07, 6.45) is 0. The van der Waals surface area contributed by atoms with Crippen molar-refractivity contribution in [2.45, 2.75) is 39.2 Å². The zero-order chi connectivity index (χ0) is 21.4. The van der Waals surface area contributed by atoms with Crippen LogP contribution < -0.4 is 0 Å². The molecule has 0 bridgehead atoms. The largest absolute Gasteiger partial charge is 0.459 e. The number of hydrogen-bond donors (Lipinski definition) is 0. The number of hydrogen-bond acceptors (Lipinski definition) is 5. The number of aromatic nitrogens is 1. The zero-order valence-electron chi connectivity index (χ0n) is 16.8. The van der Waals surface area contributed by atoms with Crippen molar-refractivity contribution in [2.24, 2.45) is 5.41 Å². The van der Waals surface area contributed by atoms with Crippen LogP contribution in [0, 0.1) is 5.41 Å². The van der Waals surface area contributed by atoms with Gasteiger partial charge in [0.25, 0.3) is 10.0 Å². The Morgan fingerprint density at radius 3 is 2.14 bits per heavy atom. The second-order valence-corrected chi connectivity index (χ2v) is 9.59. The molecule has 152 valence electrons. The van der Waals surface area contributed by atoms with Gasteiger partial charge in [-0.1, -0.05) is 36.4 Å². The van der Waals surface area contributed by atoms with Crippen molar-refractivity contribution in [2.75, 3.05) is 0 Å². The van der Waals surface area contributed by atoms with E-state index in [9.17, 15) is 18.0 Å². The molecule has 0 aliphatic rings. The van der Waals surface area contributed by atoms with Gasteiger partial charge in [-0.15, -0.1) is 0 Å². The van der Waals surface area contributed by atoms with Gasteiger partial charge in [-0.25, -0.2) is 12.4 Å². The maximum absolute atomic E-state index is 13.5. The first-order valence-corrected chi connectivity index (χ1v) is 10.6. The lowest BCUT2D eigenvalue weighted by Crippen LogP contribution is -2.24. The van der Waals surface area contributed by atoms with E-state index in [0.29, 0.717) is 10.9 Å². The molecular weight excluding hydrogens is 390 g/mol. The van der Waals surface area contributed by atoms with Crippen LogP contribution in [0.2, 0.25) is 0 Å². The highest BCUT2D eigenvalue weighted by atomic mass is 32.2. The molecule has 0 aliphatic heterocycles. The third-order valence-electron chi connectivity index (χ3n) is 4.51. The van der Waals surface area contributed by atoms with Crippen molar-refractivity contribution in [1.82, 2.24) is 3.97 Å². The Hall–Kier alpha value is -2.93. The van der Waals surface area contributed by atoms with Gasteiger partial charge in [0.05, 0.1) is 27.1 Å². The fourth-order valence-corrected chi connectivity index (χ4v) is 4.68. The number of para-hydroxylation sites is 1. The van der Waals surface area contributed by atoms with Crippen molar-refractivity contribution >= 4 is 32.7 Å². The molecule has 0 atom stereocenters. The highest BCUT2D eigenvalue weighted by molar-refractivity contribution is 7.90. The Labute approximate surface area is 170 Å². The molecule has 0 saturated heterocycles. The van der Waals surface area contributed by atoms with Gasteiger partial charge in [0.1, 0.15) is 6.61 Å². The minimum Gasteiger partial charge on any atom is -0.459 e. The zero-order valence-corrected chi connectivity index (χ0v) is 17.6. The smallest absolute Gasteiger partial charge is 0.311 e. The summed E-state index contributed by atoms with van der Waals surface area (Å²) < 4.78 is 33.4. The number of esters is 1. The average molecular weight is 413 g/mol. The minimum absolute atomic E-state index is 0.0826. The summed E-state index contributed by atoms with van der Waals surface area (Å²) in [5.41, 5.74) is -0.0173. The standard InChI is InChI=1S/C22H23NO5S/c1-15(24)20-17-12-8-9-13-18(17)23(19(20)14-28-21(25)22(2,3)4)29(26,27)16-10-6-5-7-11-16/h5-13H,14H2,1-4H3. The van der Waals surface area contributed by atoms with Crippen molar-refractivity contribution < 1.29 is 22.7 Å². The van der Waals surface area contributed by atoms with E-state index in [-0.39, 0.29) is 28.5 Å². The Morgan fingerprint density at radius 1 is 0.966 bits per heavy atom. The topological polar surface area (TPSA) is 82.4 Å². The fraction of sp³-hybridized carbons (Fsp3) is 0.273. The lowest BCUT2D eigenvalue weighted by atomic mass is 9.97. The van der Waals surface area contributed by atoms with Crippen molar-refractivity contribution in [1.29, 1.82) is 0 Å². The number of fused-ring (bicyclic) bond motifs is 1. The van der Waals surface area contributed by atoms with E-state index in [0.717, 1.165) is 3.97 Å². The predicted molar refractivity (Wildman–Crippen MR) is 110 cm³/mol. The van der Waals surface area contributed by atoms with Crippen LogP contribution >= 0.6 is 0 Å². The first-order valence-electron chi connectivity index (χ1n) is 9.16. The summed E-state index contributed by atoms with van der Waals surface area (Å²) in [5, 5.41) is 0.501. The quantitative estimate of drug-likeness (QED) is 0.463. The molecule has 29 heavy (non-hydrogen) atoms. The van der Waals surface area contributed by atoms with Gasteiger partial charge >= 0.3 is 5.97 Å². The Bertz CT molecular complexity index is 1190. The van der Waals surface area contributed by atoms with E-state index in [4.69, 9.17) is 4.74 Å². The SMILES string of the molecule is CC(=O)c1c(COC(=O)C(C)(C)C)n(S(=O)(=O)c2ccccc2)c2ccccc12. The highest BCUT2D eigenvalue weighted by Gasteiger charge is 2.30. The van der Waals surface area contributed by atoms with E-state index in [1.807, 2.05) is 0 Å². The van der Waals surface area contributed by atoms with Gasteiger partial charge in [-0.3, -0.25) is 9.59 Å². The maximum atomic E-state index is 13.5. The highest BCUT2D eigenvalue weighted by Crippen LogP contribution is 2.32. The molecule has 0 unspecified atom stereocenters. The lowest BCUT2D eigenvalue weighted by Gasteiger charge is -2.18. The van der Waals surface area contributed by atoms with Crippen LogP contribution in [0.5, 0.6) is 0 Å². The van der Waals surface area contributed by atoms with Crippen molar-refractivity contribution in [3.8, 4) is 0 Å². The molecule has 0 spiro atoms. The Balaban J connectivity index is 2.28. The van der Waals surface area contributed by atoms with Crippen LogP contribution in [0.4, 0.5) is 0 Å². The van der Waals surface area contributed by atoms with Crippen LogP contribution in [0.25, 0.3) is 10.9 Å². The number of benzene rings is 2. The molecule has 7 heteroatoms.